The molecule has 4 aromatic carbocycles. The molecule has 1 N–H and O–H groups in total. The summed E-state index contributed by atoms with van der Waals surface area (Å²) in [5.41, 5.74) is 0.369. The second-order valence-corrected chi connectivity index (χ2v) is 11.1. The Kier molecular flexibility index (Phi) is 5.30. The van der Waals surface area contributed by atoms with Crippen LogP contribution in [0.4, 0.5) is 5.69 Å². The van der Waals surface area contributed by atoms with Crippen molar-refractivity contribution in [3.8, 4) is 6.07 Å². The number of rotatable bonds is 2. The van der Waals surface area contributed by atoms with Crippen LogP contribution in [0.3, 0.4) is 0 Å². The van der Waals surface area contributed by atoms with E-state index in [1.165, 1.54) is 30.0 Å². The van der Waals surface area contributed by atoms with Crippen LogP contribution in [-0.2, 0) is 25.2 Å². The number of aromatic carboxylic acids is 1. The quantitative estimate of drug-likeness (QED) is 0.272. The largest absolute Gasteiger partial charge is 0.478 e. The Labute approximate surface area is 230 Å². The van der Waals surface area contributed by atoms with Crippen LogP contribution in [-0.4, -0.2) is 28.7 Å². The molecule has 0 spiro atoms. The second kappa shape index (κ2) is 8.33. The Hall–Kier alpha value is -4.83. The molecule has 7 heteroatoms. The van der Waals surface area contributed by atoms with Crippen LogP contribution in [0, 0.1) is 30.1 Å². The van der Waals surface area contributed by atoms with Crippen molar-refractivity contribution in [1.29, 1.82) is 5.26 Å². The fourth-order valence-corrected chi connectivity index (χ4v) is 7.69. The summed E-state index contributed by atoms with van der Waals surface area (Å²) < 4.78 is 0. The van der Waals surface area contributed by atoms with E-state index in [4.69, 9.17) is 5.26 Å². The molecule has 1 saturated heterocycles. The number of carbonyl (C=O) groups excluding carboxylic acids is 3. The van der Waals surface area contributed by atoms with Gasteiger partial charge in [-0.15, -0.1) is 0 Å². The third kappa shape index (κ3) is 2.83. The summed E-state index contributed by atoms with van der Waals surface area (Å²) in [6.45, 7) is 6.79. The number of ketones is 1. The van der Waals surface area contributed by atoms with Gasteiger partial charge in [-0.1, -0.05) is 48.5 Å². The lowest BCUT2D eigenvalue weighted by atomic mass is 9.63. The average molecular weight is 531 g/mol. The monoisotopic (exact) mass is 530 g/mol. The number of fused-ring (bicyclic) bond motifs is 13. The maximum Gasteiger partial charge on any atom is 0.335 e. The molecule has 4 atom stereocenters. The smallest absolute Gasteiger partial charge is 0.335 e. The summed E-state index contributed by atoms with van der Waals surface area (Å²) >= 11 is 0. The first-order valence-electron chi connectivity index (χ1n) is 13.1. The highest BCUT2D eigenvalue weighted by molar-refractivity contribution is 6.32. The summed E-state index contributed by atoms with van der Waals surface area (Å²) in [4.78, 5) is 55.1. The first-order chi connectivity index (χ1) is 19.0. The van der Waals surface area contributed by atoms with Gasteiger partial charge in [0.1, 0.15) is 0 Å². The normalized spacial score (nSPS) is 26.0. The molecule has 1 heterocycles. The number of imide groups is 1. The minimum absolute atomic E-state index is 0.0780. The van der Waals surface area contributed by atoms with Gasteiger partial charge >= 0.3 is 5.97 Å². The van der Waals surface area contributed by atoms with Gasteiger partial charge in [-0.3, -0.25) is 14.4 Å². The van der Waals surface area contributed by atoms with E-state index >= 15 is 0 Å². The van der Waals surface area contributed by atoms with E-state index in [1.807, 2.05) is 62.4 Å². The Morgan fingerprint density at radius 3 is 1.65 bits per heavy atom. The molecule has 0 radical (unpaired) electrons. The fraction of sp³-hybridized carbons (Fsp3) is 0.242. The van der Waals surface area contributed by atoms with E-state index in [0.29, 0.717) is 11.3 Å². The number of amides is 2. The van der Waals surface area contributed by atoms with Crippen molar-refractivity contribution in [3.05, 3.63) is 89.0 Å². The highest BCUT2D eigenvalue weighted by Gasteiger charge is 2.78. The van der Waals surface area contributed by atoms with Gasteiger partial charge in [0.2, 0.25) is 11.8 Å². The van der Waals surface area contributed by atoms with Gasteiger partial charge in [0, 0.05) is 6.92 Å². The van der Waals surface area contributed by atoms with Crippen molar-refractivity contribution in [2.45, 2.75) is 38.5 Å². The van der Waals surface area contributed by atoms with Crippen LogP contribution in [0.1, 0.15) is 47.8 Å². The topological polar surface area (TPSA) is 116 Å². The lowest BCUT2D eigenvalue weighted by molar-refractivity contribution is -0.131. The maximum atomic E-state index is 14.3. The molecule has 2 amide bonds. The van der Waals surface area contributed by atoms with Crippen molar-refractivity contribution in [1.82, 2.24) is 0 Å². The predicted molar refractivity (Wildman–Crippen MR) is 150 cm³/mol. The Balaban J connectivity index is 0.000000925. The molecule has 0 unspecified atom stereocenters. The molecule has 7 nitrogen and oxygen atoms in total. The molecule has 1 saturated carbocycles. The number of benzene rings is 4. The number of carbonyl (C=O) groups is 4. The number of Topliss-reactive ketones (excluding diaryl/α,β-unsaturated/α-hetero) is 1. The van der Waals surface area contributed by atoms with Gasteiger partial charge < -0.3 is 5.11 Å². The van der Waals surface area contributed by atoms with Crippen LogP contribution in [0.5, 0.6) is 0 Å². The molecule has 4 aromatic rings. The standard InChI is InChI=1S/C31H23NO5.C2H3N/c1-15-14-16(28(35)36)12-13-21(15)32-26(33)24-25(27(32)34)31(3)23-20-11-7-5-9-18(20)17-8-4-6-10-19(17)22(23)30(24,2)29(31)37;1-2-3/h4-14,24-25H,1-3H3,(H,35,36);1H3/t24-,25+,30+,31-;. The zero-order chi connectivity index (χ0) is 28.7. The number of nitriles is 1. The average Bonchev–Trinajstić information content (AvgIpc) is 3.39. The van der Waals surface area contributed by atoms with Crippen molar-refractivity contribution in [2.75, 3.05) is 4.90 Å². The molecule has 3 aliphatic rings. The molecule has 40 heavy (non-hydrogen) atoms. The van der Waals surface area contributed by atoms with E-state index < -0.39 is 40.4 Å². The fourth-order valence-electron chi connectivity index (χ4n) is 7.69. The number of aryl methyl sites for hydroxylation is 1. The molecule has 2 bridgehead atoms. The number of hydrogen-bond donors (Lipinski definition) is 1. The van der Waals surface area contributed by atoms with Crippen molar-refractivity contribution in [3.63, 3.8) is 0 Å². The van der Waals surface area contributed by atoms with E-state index in [0.717, 1.165) is 32.7 Å². The van der Waals surface area contributed by atoms with Gasteiger partial charge in [-0.2, -0.15) is 5.26 Å². The van der Waals surface area contributed by atoms with E-state index in [1.54, 1.807) is 13.0 Å². The lowest BCUT2D eigenvalue weighted by Gasteiger charge is -2.35. The number of nitrogens with zero attached hydrogens (tertiary/aromatic N) is 2. The number of anilines is 1. The van der Waals surface area contributed by atoms with Gasteiger partial charge in [0.25, 0.3) is 0 Å². The van der Waals surface area contributed by atoms with Crippen molar-refractivity contribution in [2.24, 2.45) is 11.8 Å². The molecule has 1 aliphatic heterocycles. The van der Waals surface area contributed by atoms with Gasteiger partial charge in [0.15, 0.2) is 5.78 Å². The Morgan fingerprint density at radius 1 is 0.825 bits per heavy atom. The molecule has 7 rings (SSSR count). The highest BCUT2D eigenvalue weighted by atomic mass is 16.4. The van der Waals surface area contributed by atoms with Crippen LogP contribution in [0.15, 0.2) is 66.7 Å². The summed E-state index contributed by atoms with van der Waals surface area (Å²) in [6.07, 6.45) is 0. The van der Waals surface area contributed by atoms with Crippen LogP contribution in [0.2, 0.25) is 0 Å². The molecule has 2 fully saturated rings. The molecular formula is C33H26N2O5. The van der Waals surface area contributed by atoms with E-state index in [-0.39, 0.29) is 11.3 Å². The summed E-state index contributed by atoms with van der Waals surface area (Å²) in [5.74, 6) is -3.61. The number of carboxylic acid groups (broad SMARTS) is 1. The number of hydrogen-bond acceptors (Lipinski definition) is 5. The van der Waals surface area contributed by atoms with Crippen LogP contribution in [0.25, 0.3) is 21.5 Å². The molecule has 0 aromatic heterocycles. The van der Waals surface area contributed by atoms with Crippen molar-refractivity contribution >= 4 is 50.8 Å². The zero-order valence-electron chi connectivity index (χ0n) is 22.5. The van der Waals surface area contributed by atoms with Gasteiger partial charge in [-0.05, 0) is 77.2 Å². The summed E-state index contributed by atoms with van der Waals surface area (Å²) in [6, 6.07) is 22.1. The van der Waals surface area contributed by atoms with Gasteiger partial charge in [0.05, 0.1) is 40.0 Å². The third-order valence-electron chi connectivity index (χ3n) is 9.15. The minimum Gasteiger partial charge on any atom is -0.478 e. The van der Waals surface area contributed by atoms with Crippen LogP contribution >= 0.6 is 0 Å². The maximum absolute atomic E-state index is 14.3. The first kappa shape index (κ1) is 25.4. The summed E-state index contributed by atoms with van der Waals surface area (Å²) in [7, 11) is 0. The van der Waals surface area contributed by atoms with Crippen LogP contribution < -0.4 is 4.90 Å². The van der Waals surface area contributed by atoms with E-state index in [9.17, 15) is 24.3 Å². The third-order valence-corrected chi connectivity index (χ3v) is 9.15. The lowest BCUT2D eigenvalue weighted by Crippen LogP contribution is -2.42. The first-order valence-corrected chi connectivity index (χ1v) is 13.1. The zero-order valence-corrected chi connectivity index (χ0v) is 22.5. The Morgan fingerprint density at radius 2 is 1.25 bits per heavy atom. The predicted octanol–water partition coefficient (Wildman–Crippen LogP) is 5.45. The minimum atomic E-state index is -1.16. The molecule has 198 valence electrons. The highest BCUT2D eigenvalue weighted by Crippen LogP contribution is 2.68. The SMILES string of the molecule is CC#N.Cc1cc(C(=O)O)ccc1N1C(=O)[C@@H]2[C@H](C1=O)[C@@]1(C)C(=O)[C@]2(C)c2c1c1ccccc1c1ccccc21. The summed E-state index contributed by atoms with van der Waals surface area (Å²) in [5, 5.41) is 20.6. The second-order valence-electron chi connectivity index (χ2n) is 11.1. The molecule has 2 aliphatic carbocycles. The Bertz CT molecular complexity index is 1790. The number of carboxylic acids is 1. The van der Waals surface area contributed by atoms with Crippen molar-refractivity contribution < 1.29 is 24.3 Å². The van der Waals surface area contributed by atoms with E-state index in [2.05, 4.69) is 0 Å². The molecular weight excluding hydrogens is 504 g/mol. The van der Waals surface area contributed by atoms with Gasteiger partial charge in [-0.25, -0.2) is 9.69 Å².